The summed E-state index contributed by atoms with van der Waals surface area (Å²) in [6.45, 7) is 8.80. The largest absolute Gasteiger partial charge is 0.490 e. The molecule has 0 atom stereocenters. The number of rotatable bonds is 8. The monoisotopic (exact) mass is 387 g/mol. The number of terminal acetylenes is 1. The lowest BCUT2D eigenvalue weighted by Gasteiger charge is -2.15. The third kappa shape index (κ3) is 4.48. The normalized spacial score (nSPS) is 15.3. The van der Waals surface area contributed by atoms with Gasteiger partial charge in [0.1, 0.15) is 10.9 Å². The van der Waals surface area contributed by atoms with Gasteiger partial charge >= 0.3 is 0 Å². The fourth-order valence-electron chi connectivity index (χ4n) is 2.54. The minimum absolute atomic E-state index is 0.0709. The Hall–Kier alpha value is -2.23. The van der Waals surface area contributed by atoms with Crippen molar-refractivity contribution in [2.45, 2.75) is 20.3 Å². The number of thioether (sulfide) groups is 1. The van der Waals surface area contributed by atoms with E-state index in [0.717, 1.165) is 11.1 Å². The van der Waals surface area contributed by atoms with Crippen LogP contribution in [-0.4, -0.2) is 34.9 Å². The molecule has 4 nitrogen and oxygen atoms in total. The summed E-state index contributed by atoms with van der Waals surface area (Å²) in [7, 11) is 0. The van der Waals surface area contributed by atoms with Crippen LogP contribution in [0, 0.1) is 12.3 Å². The van der Waals surface area contributed by atoms with Gasteiger partial charge in [-0.25, -0.2) is 0 Å². The number of amides is 1. The fraction of sp³-hybridized carbons (Fsp3) is 0.300. The van der Waals surface area contributed by atoms with E-state index in [2.05, 4.69) is 12.5 Å². The number of ether oxygens (including phenoxy) is 2. The quantitative estimate of drug-likeness (QED) is 0.291. The van der Waals surface area contributed by atoms with Gasteiger partial charge in [-0.1, -0.05) is 36.0 Å². The Bertz CT molecular complexity index is 793. The van der Waals surface area contributed by atoms with Crippen LogP contribution in [-0.2, 0) is 11.2 Å². The molecule has 0 unspecified atom stereocenters. The van der Waals surface area contributed by atoms with E-state index in [1.807, 2.05) is 32.1 Å². The summed E-state index contributed by atoms with van der Waals surface area (Å²) in [5.74, 6) is 3.61. The second-order valence-corrected chi connectivity index (χ2v) is 7.03. The van der Waals surface area contributed by atoms with Crippen LogP contribution in [0.2, 0.25) is 0 Å². The molecule has 6 heteroatoms. The number of likely N-dealkylation sites (N-methyl/N-ethyl adjacent to an activating group) is 1. The molecule has 0 aromatic heterocycles. The van der Waals surface area contributed by atoms with Gasteiger partial charge in [0.05, 0.1) is 11.5 Å². The molecule has 1 fully saturated rings. The highest BCUT2D eigenvalue weighted by Crippen LogP contribution is 2.37. The Kier molecular flexibility index (Phi) is 7.31. The van der Waals surface area contributed by atoms with E-state index >= 15 is 0 Å². The van der Waals surface area contributed by atoms with Gasteiger partial charge in [-0.05, 0) is 44.0 Å². The Morgan fingerprint density at radius 1 is 1.38 bits per heavy atom. The highest BCUT2D eigenvalue weighted by Gasteiger charge is 2.30. The maximum absolute atomic E-state index is 12.4. The molecule has 1 aliphatic rings. The van der Waals surface area contributed by atoms with E-state index in [-0.39, 0.29) is 12.5 Å². The summed E-state index contributed by atoms with van der Waals surface area (Å²) < 4.78 is 12.0. The van der Waals surface area contributed by atoms with Crippen LogP contribution in [0.4, 0.5) is 0 Å². The lowest BCUT2D eigenvalue weighted by atomic mass is 10.0. The van der Waals surface area contributed by atoms with Gasteiger partial charge < -0.3 is 9.47 Å². The lowest BCUT2D eigenvalue weighted by molar-refractivity contribution is -0.121. The van der Waals surface area contributed by atoms with Crippen molar-refractivity contribution in [2.75, 3.05) is 19.8 Å². The summed E-state index contributed by atoms with van der Waals surface area (Å²) in [5.41, 5.74) is 1.74. The van der Waals surface area contributed by atoms with E-state index < -0.39 is 0 Å². The maximum Gasteiger partial charge on any atom is 0.266 e. The van der Waals surface area contributed by atoms with E-state index in [0.29, 0.717) is 40.3 Å². The Morgan fingerprint density at radius 3 is 2.73 bits per heavy atom. The number of allylic oxidation sites excluding steroid dienone is 1. The zero-order valence-electron chi connectivity index (χ0n) is 14.9. The molecule has 1 aromatic rings. The van der Waals surface area contributed by atoms with Gasteiger partial charge in [0, 0.05) is 12.1 Å². The smallest absolute Gasteiger partial charge is 0.266 e. The first-order valence-corrected chi connectivity index (χ1v) is 9.50. The molecule has 0 bridgehead atoms. The Balaban J connectivity index is 2.48. The number of nitrogens with zero attached hydrogens (tertiary/aromatic N) is 1. The third-order valence-electron chi connectivity index (χ3n) is 3.61. The SMILES string of the molecule is C#CCOc1c(CC=C)cc(C=C2SC(=S)N(CC)C2=O)cc1OCC. The standard InChI is InChI=1S/C20H21NO3S2/c1-5-9-15-11-14(12-16(23-8-4)18(15)24-10-6-2)13-17-19(22)21(7-3)20(25)26-17/h2,5,11-13H,1,7-10H2,3-4H3. The fourth-order valence-corrected chi connectivity index (χ4v) is 3.92. The Morgan fingerprint density at radius 2 is 2.15 bits per heavy atom. The minimum Gasteiger partial charge on any atom is -0.490 e. The molecule has 0 radical (unpaired) electrons. The van der Waals surface area contributed by atoms with Crippen molar-refractivity contribution in [3.63, 3.8) is 0 Å². The average molecular weight is 388 g/mol. The molecule has 0 N–H and O–H groups in total. The van der Waals surface area contributed by atoms with Crippen LogP contribution in [0.3, 0.4) is 0 Å². The lowest BCUT2D eigenvalue weighted by Crippen LogP contribution is -2.27. The predicted octanol–water partition coefficient (Wildman–Crippen LogP) is 4.05. The van der Waals surface area contributed by atoms with Crippen molar-refractivity contribution in [3.8, 4) is 23.8 Å². The van der Waals surface area contributed by atoms with Crippen molar-refractivity contribution < 1.29 is 14.3 Å². The molecule has 136 valence electrons. The predicted molar refractivity (Wildman–Crippen MR) is 111 cm³/mol. The molecule has 0 aliphatic carbocycles. The molecule has 0 saturated carbocycles. The summed E-state index contributed by atoms with van der Waals surface area (Å²) in [5, 5.41) is 0. The minimum atomic E-state index is -0.0709. The summed E-state index contributed by atoms with van der Waals surface area (Å²) in [6, 6.07) is 3.80. The number of carbonyl (C=O) groups is 1. The van der Waals surface area contributed by atoms with Crippen molar-refractivity contribution >= 4 is 40.3 Å². The molecule has 2 rings (SSSR count). The third-order valence-corrected chi connectivity index (χ3v) is 4.98. The van der Waals surface area contributed by atoms with Gasteiger partial charge in [0.15, 0.2) is 11.5 Å². The molecule has 26 heavy (non-hydrogen) atoms. The van der Waals surface area contributed by atoms with Crippen LogP contribution in [0.25, 0.3) is 6.08 Å². The van der Waals surface area contributed by atoms with E-state index in [1.54, 1.807) is 11.0 Å². The summed E-state index contributed by atoms with van der Waals surface area (Å²) in [4.78, 5) is 14.6. The molecule has 1 aromatic carbocycles. The molecular weight excluding hydrogens is 366 g/mol. The molecule has 1 aliphatic heterocycles. The molecule has 1 saturated heterocycles. The highest BCUT2D eigenvalue weighted by molar-refractivity contribution is 8.26. The maximum atomic E-state index is 12.4. The van der Waals surface area contributed by atoms with Crippen molar-refractivity contribution in [2.24, 2.45) is 0 Å². The van der Waals surface area contributed by atoms with Crippen LogP contribution in [0.1, 0.15) is 25.0 Å². The van der Waals surface area contributed by atoms with E-state index in [1.165, 1.54) is 11.8 Å². The topological polar surface area (TPSA) is 38.8 Å². The first kappa shape index (κ1) is 20.1. The molecule has 1 heterocycles. The number of benzene rings is 1. The average Bonchev–Trinajstić information content (AvgIpc) is 2.88. The van der Waals surface area contributed by atoms with Gasteiger partial charge in [0.2, 0.25) is 0 Å². The second kappa shape index (κ2) is 9.46. The van der Waals surface area contributed by atoms with Crippen molar-refractivity contribution in [1.29, 1.82) is 0 Å². The molecule has 0 spiro atoms. The number of thiocarbonyl (C=S) groups is 1. The number of hydrogen-bond donors (Lipinski definition) is 0. The zero-order chi connectivity index (χ0) is 19.1. The number of hydrogen-bond acceptors (Lipinski definition) is 5. The molecular formula is C20H21NO3S2. The highest BCUT2D eigenvalue weighted by atomic mass is 32.2. The van der Waals surface area contributed by atoms with Crippen molar-refractivity contribution in [3.05, 3.63) is 40.8 Å². The first-order valence-electron chi connectivity index (χ1n) is 8.27. The zero-order valence-corrected chi connectivity index (χ0v) is 16.5. The van der Waals surface area contributed by atoms with Crippen LogP contribution in [0.5, 0.6) is 11.5 Å². The van der Waals surface area contributed by atoms with E-state index in [9.17, 15) is 4.79 Å². The van der Waals surface area contributed by atoms with Crippen molar-refractivity contribution in [1.82, 2.24) is 4.90 Å². The number of carbonyl (C=O) groups excluding carboxylic acids is 1. The van der Waals surface area contributed by atoms with Crippen LogP contribution >= 0.6 is 24.0 Å². The van der Waals surface area contributed by atoms with Gasteiger partial charge in [-0.15, -0.1) is 13.0 Å². The second-order valence-electron chi connectivity index (χ2n) is 5.35. The van der Waals surface area contributed by atoms with E-state index in [4.69, 9.17) is 28.1 Å². The Labute approximate surface area is 164 Å². The van der Waals surface area contributed by atoms with Crippen LogP contribution in [0.15, 0.2) is 29.7 Å². The van der Waals surface area contributed by atoms with Gasteiger partial charge in [-0.3, -0.25) is 9.69 Å². The summed E-state index contributed by atoms with van der Waals surface area (Å²) in [6.07, 6.45) is 9.52. The molecule has 1 amide bonds. The van der Waals surface area contributed by atoms with Gasteiger partial charge in [0.25, 0.3) is 5.91 Å². The van der Waals surface area contributed by atoms with Crippen LogP contribution < -0.4 is 9.47 Å². The summed E-state index contributed by atoms with van der Waals surface area (Å²) >= 11 is 6.57. The van der Waals surface area contributed by atoms with Gasteiger partial charge in [-0.2, -0.15) is 0 Å². The first-order chi connectivity index (χ1) is 12.5.